The first-order chi connectivity index (χ1) is 15.5. The van der Waals surface area contributed by atoms with E-state index < -0.39 is 0 Å². The van der Waals surface area contributed by atoms with E-state index in [9.17, 15) is 0 Å². The summed E-state index contributed by atoms with van der Waals surface area (Å²) in [6.07, 6.45) is 0. The van der Waals surface area contributed by atoms with E-state index in [1.54, 1.807) is 11.8 Å². The van der Waals surface area contributed by atoms with Gasteiger partial charge in [0, 0.05) is 46.0 Å². The monoisotopic (exact) mass is 466 g/mol. The Balaban J connectivity index is 1.38. The van der Waals surface area contributed by atoms with Crippen LogP contribution in [0, 0.1) is 13.8 Å². The van der Waals surface area contributed by atoms with Crippen molar-refractivity contribution in [1.29, 1.82) is 0 Å². The zero-order valence-corrected chi connectivity index (χ0v) is 19.7. The minimum atomic E-state index is 0.234. The molecule has 0 radical (unpaired) electrons. The van der Waals surface area contributed by atoms with Gasteiger partial charge < -0.3 is 18.6 Å². The van der Waals surface area contributed by atoms with Crippen LogP contribution in [0.1, 0.15) is 23.9 Å². The highest BCUT2D eigenvalue weighted by Crippen LogP contribution is 2.39. The molecule has 5 rings (SSSR count). The van der Waals surface area contributed by atoms with E-state index in [-0.39, 0.29) is 6.79 Å². The quantitative estimate of drug-likeness (QED) is 0.324. The maximum absolute atomic E-state index is 6.43. The number of nitrogens with zero attached hydrogens (tertiary/aromatic N) is 4. The molecule has 4 aromatic rings. The van der Waals surface area contributed by atoms with Gasteiger partial charge in [-0.2, -0.15) is 0 Å². The van der Waals surface area contributed by atoms with Crippen molar-refractivity contribution in [2.75, 3.05) is 6.79 Å². The smallest absolute Gasteiger partial charge is 0.231 e. The van der Waals surface area contributed by atoms with E-state index in [0.29, 0.717) is 16.5 Å². The lowest BCUT2D eigenvalue weighted by molar-refractivity contribution is 0.174. The Labute approximate surface area is 196 Å². The maximum atomic E-state index is 6.43. The lowest BCUT2D eigenvalue weighted by atomic mass is 10.2. The first-order valence-corrected chi connectivity index (χ1v) is 11.8. The van der Waals surface area contributed by atoms with E-state index in [2.05, 4.69) is 76.5 Å². The minimum Gasteiger partial charge on any atom is -0.454 e. The molecule has 1 aliphatic heterocycles. The summed E-state index contributed by atoms with van der Waals surface area (Å²) in [6, 6.07) is 16.5. The topological polar surface area (TPSA) is 54.1 Å². The van der Waals surface area contributed by atoms with Crippen molar-refractivity contribution in [3.05, 3.63) is 70.5 Å². The molecule has 0 atom stereocenters. The van der Waals surface area contributed by atoms with Gasteiger partial charge in [0.15, 0.2) is 22.5 Å². The Morgan fingerprint density at radius 2 is 1.66 bits per heavy atom. The number of fused-ring (bicyclic) bond motifs is 1. The molecule has 0 saturated carbocycles. The molecule has 8 heteroatoms. The number of aryl methyl sites for hydroxylation is 2. The van der Waals surface area contributed by atoms with Crippen molar-refractivity contribution in [3.8, 4) is 28.6 Å². The molecule has 6 nitrogen and oxygen atoms in total. The molecule has 0 saturated heterocycles. The van der Waals surface area contributed by atoms with Crippen LogP contribution in [0.4, 0.5) is 0 Å². The van der Waals surface area contributed by atoms with Gasteiger partial charge in [-0.3, -0.25) is 0 Å². The fourth-order valence-electron chi connectivity index (χ4n) is 3.94. The maximum Gasteiger partial charge on any atom is 0.231 e. The van der Waals surface area contributed by atoms with E-state index in [4.69, 9.17) is 21.1 Å². The summed E-state index contributed by atoms with van der Waals surface area (Å²) >= 11 is 8.04. The van der Waals surface area contributed by atoms with Gasteiger partial charge in [0.25, 0.3) is 0 Å². The molecule has 0 aliphatic carbocycles. The van der Waals surface area contributed by atoms with Crippen LogP contribution in [0.15, 0.2) is 53.7 Å². The standard InChI is InChI=1S/C24H23ClN4O2S/c1-4-28-23(17-7-9-19(10-8-17)29-15(2)5-6-16(29)3)26-27-24(28)32-13-18-11-21-22(12-20(18)25)31-14-30-21/h5-12H,4,13-14H2,1-3H3. The summed E-state index contributed by atoms with van der Waals surface area (Å²) in [5.41, 5.74) is 5.59. The summed E-state index contributed by atoms with van der Waals surface area (Å²) in [6.45, 7) is 7.34. The Morgan fingerprint density at radius 3 is 2.34 bits per heavy atom. The summed E-state index contributed by atoms with van der Waals surface area (Å²) in [5.74, 6) is 2.95. The lowest BCUT2D eigenvalue weighted by Crippen LogP contribution is -2.01. The van der Waals surface area contributed by atoms with E-state index in [1.807, 2.05) is 12.1 Å². The van der Waals surface area contributed by atoms with Gasteiger partial charge in [-0.15, -0.1) is 10.2 Å². The zero-order valence-electron chi connectivity index (χ0n) is 18.1. The molecule has 0 bridgehead atoms. The van der Waals surface area contributed by atoms with Crippen molar-refractivity contribution in [2.24, 2.45) is 0 Å². The molecule has 0 N–H and O–H groups in total. The van der Waals surface area contributed by atoms with Crippen LogP contribution in [-0.2, 0) is 12.3 Å². The van der Waals surface area contributed by atoms with Gasteiger partial charge in [0.1, 0.15) is 0 Å². The van der Waals surface area contributed by atoms with Crippen molar-refractivity contribution in [2.45, 2.75) is 38.2 Å². The number of ether oxygens (including phenoxy) is 2. The molecule has 2 aromatic carbocycles. The van der Waals surface area contributed by atoms with Crippen LogP contribution in [0.3, 0.4) is 0 Å². The molecule has 0 fully saturated rings. The van der Waals surface area contributed by atoms with Crippen LogP contribution in [-0.4, -0.2) is 26.1 Å². The summed E-state index contributed by atoms with van der Waals surface area (Å²) in [4.78, 5) is 0. The second-order valence-electron chi connectivity index (χ2n) is 7.63. The molecule has 0 amide bonds. The van der Waals surface area contributed by atoms with Crippen molar-refractivity contribution >= 4 is 23.4 Å². The highest BCUT2D eigenvalue weighted by Gasteiger charge is 2.18. The Morgan fingerprint density at radius 1 is 0.969 bits per heavy atom. The van der Waals surface area contributed by atoms with E-state index in [1.165, 1.54) is 11.4 Å². The van der Waals surface area contributed by atoms with Crippen LogP contribution in [0.25, 0.3) is 17.1 Å². The number of aromatic nitrogens is 4. The van der Waals surface area contributed by atoms with Crippen LogP contribution in [0.2, 0.25) is 5.02 Å². The van der Waals surface area contributed by atoms with Gasteiger partial charge in [0.2, 0.25) is 6.79 Å². The second-order valence-corrected chi connectivity index (χ2v) is 8.98. The predicted molar refractivity (Wildman–Crippen MR) is 127 cm³/mol. The van der Waals surface area contributed by atoms with Crippen molar-refractivity contribution < 1.29 is 9.47 Å². The first-order valence-electron chi connectivity index (χ1n) is 10.4. The molecule has 164 valence electrons. The van der Waals surface area contributed by atoms with Crippen molar-refractivity contribution in [3.63, 3.8) is 0 Å². The fraction of sp³-hybridized carbons (Fsp3) is 0.250. The molecule has 2 aromatic heterocycles. The first kappa shape index (κ1) is 21.0. The SMILES string of the molecule is CCn1c(SCc2cc3c(cc2Cl)OCO3)nnc1-c1ccc(-n2c(C)ccc2C)cc1. The lowest BCUT2D eigenvalue weighted by Gasteiger charge is -2.11. The molecule has 0 unspecified atom stereocenters. The largest absolute Gasteiger partial charge is 0.454 e. The van der Waals surface area contributed by atoms with Crippen molar-refractivity contribution in [1.82, 2.24) is 19.3 Å². The normalized spacial score (nSPS) is 12.5. The molecule has 32 heavy (non-hydrogen) atoms. The number of benzene rings is 2. The molecule has 3 heterocycles. The van der Waals surface area contributed by atoms with Gasteiger partial charge in [-0.25, -0.2) is 0 Å². The van der Waals surface area contributed by atoms with Gasteiger partial charge in [-0.1, -0.05) is 23.4 Å². The number of halogens is 1. The summed E-state index contributed by atoms with van der Waals surface area (Å²) in [7, 11) is 0. The van der Waals surface area contributed by atoms with E-state index in [0.717, 1.165) is 40.1 Å². The van der Waals surface area contributed by atoms with E-state index >= 15 is 0 Å². The highest BCUT2D eigenvalue weighted by atomic mass is 35.5. The Kier molecular flexibility index (Phi) is 5.61. The Bertz CT molecular complexity index is 1260. The third-order valence-electron chi connectivity index (χ3n) is 5.59. The average molecular weight is 467 g/mol. The summed E-state index contributed by atoms with van der Waals surface area (Å²) < 4.78 is 15.2. The Hall–Kier alpha value is -2.90. The number of hydrogen-bond donors (Lipinski definition) is 0. The molecule has 0 spiro atoms. The minimum absolute atomic E-state index is 0.234. The molecular weight excluding hydrogens is 444 g/mol. The second kappa shape index (κ2) is 8.56. The number of rotatable bonds is 6. The van der Waals surface area contributed by atoms with Gasteiger partial charge in [0.05, 0.1) is 0 Å². The van der Waals surface area contributed by atoms with Crippen LogP contribution >= 0.6 is 23.4 Å². The van der Waals surface area contributed by atoms with Gasteiger partial charge in [-0.05, 0) is 68.8 Å². The number of thioether (sulfide) groups is 1. The third-order valence-corrected chi connectivity index (χ3v) is 6.95. The predicted octanol–water partition coefficient (Wildman–Crippen LogP) is 6.05. The number of hydrogen-bond acceptors (Lipinski definition) is 5. The van der Waals surface area contributed by atoms with Crippen LogP contribution in [0.5, 0.6) is 11.5 Å². The highest BCUT2D eigenvalue weighted by molar-refractivity contribution is 7.98. The summed E-state index contributed by atoms with van der Waals surface area (Å²) in [5, 5.41) is 10.5. The van der Waals surface area contributed by atoms with Crippen LogP contribution < -0.4 is 9.47 Å². The average Bonchev–Trinajstić information content (AvgIpc) is 3.50. The zero-order chi connectivity index (χ0) is 22.2. The van der Waals surface area contributed by atoms with Gasteiger partial charge >= 0.3 is 0 Å². The molecular formula is C24H23ClN4O2S. The molecule has 1 aliphatic rings. The third kappa shape index (κ3) is 3.76. The fourth-order valence-corrected chi connectivity index (χ4v) is 5.23.